The van der Waals surface area contributed by atoms with Gasteiger partial charge in [0.2, 0.25) is 0 Å². The number of carboxylic acids is 1. The monoisotopic (exact) mass is 310 g/mol. The van der Waals surface area contributed by atoms with E-state index in [1.165, 1.54) is 4.80 Å². The minimum Gasteiger partial charge on any atom is -0.481 e. The number of carboxylic acid groups (broad SMARTS) is 1. The third kappa shape index (κ3) is 2.73. The lowest BCUT2D eigenvalue weighted by atomic mass is 9.96. The summed E-state index contributed by atoms with van der Waals surface area (Å²) in [5.41, 5.74) is 0.706. The highest BCUT2D eigenvalue weighted by atomic mass is 79.9. The van der Waals surface area contributed by atoms with Crippen LogP contribution in [0.25, 0.3) is 0 Å². The van der Waals surface area contributed by atoms with Gasteiger partial charge in [-0.3, -0.25) is 4.79 Å². The number of aryl methyl sites for hydroxylation is 1. The van der Waals surface area contributed by atoms with E-state index >= 15 is 0 Å². The van der Waals surface area contributed by atoms with Crippen molar-refractivity contribution in [2.45, 2.75) is 12.3 Å². The van der Waals surface area contributed by atoms with Crippen molar-refractivity contribution in [2.75, 3.05) is 0 Å². The van der Waals surface area contributed by atoms with Crippen molar-refractivity contribution >= 4 is 21.9 Å². The number of hydrogen-bond donors (Lipinski definition) is 1. The predicted octanol–water partition coefficient (Wildman–Crippen LogP) is 1.38. The number of aromatic nitrogens is 4. The van der Waals surface area contributed by atoms with E-state index in [-0.39, 0.29) is 6.42 Å². The van der Waals surface area contributed by atoms with Crippen molar-refractivity contribution < 1.29 is 9.90 Å². The first-order chi connectivity index (χ1) is 8.58. The van der Waals surface area contributed by atoms with Crippen molar-refractivity contribution in [3.8, 4) is 0 Å². The van der Waals surface area contributed by atoms with Gasteiger partial charge < -0.3 is 5.11 Å². The molecule has 1 N–H and O–H groups in total. The smallest absolute Gasteiger partial charge is 0.311 e. The second-order valence-electron chi connectivity index (χ2n) is 3.81. The van der Waals surface area contributed by atoms with Crippen LogP contribution in [0.4, 0.5) is 0 Å². The Morgan fingerprint density at radius 1 is 1.50 bits per heavy atom. The van der Waals surface area contributed by atoms with Crippen molar-refractivity contribution in [1.82, 2.24) is 20.2 Å². The topological polar surface area (TPSA) is 80.9 Å². The molecule has 2 rings (SSSR count). The SMILES string of the molecule is Cn1nnc(CC(C(=O)O)c2ccccc2Br)n1. The Hall–Kier alpha value is -1.76. The van der Waals surface area contributed by atoms with Crippen LogP contribution in [0.5, 0.6) is 0 Å². The zero-order chi connectivity index (χ0) is 13.1. The maximum atomic E-state index is 11.4. The fraction of sp³-hybridized carbons (Fsp3) is 0.273. The summed E-state index contributed by atoms with van der Waals surface area (Å²) >= 11 is 3.36. The minimum atomic E-state index is -0.908. The Kier molecular flexibility index (Phi) is 3.71. The number of halogens is 1. The number of benzene rings is 1. The van der Waals surface area contributed by atoms with Crippen LogP contribution in [0.15, 0.2) is 28.7 Å². The molecular formula is C11H11BrN4O2. The fourth-order valence-corrected chi connectivity index (χ4v) is 2.24. The lowest BCUT2D eigenvalue weighted by Gasteiger charge is -2.12. The van der Waals surface area contributed by atoms with Gasteiger partial charge in [-0.25, -0.2) is 0 Å². The first kappa shape index (κ1) is 12.7. The number of carbonyl (C=O) groups is 1. The molecule has 0 amide bonds. The molecule has 7 heteroatoms. The fourth-order valence-electron chi connectivity index (χ4n) is 1.68. The maximum Gasteiger partial charge on any atom is 0.311 e. The van der Waals surface area contributed by atoms with E-state index < -0.39 is 11.9 Å². The Labute approximate surface area is 112 Å². The van der Waals surface area contributed by atoms with Gasteiger partial charge in [-0.2, -0.15) is 4.80 Å². The van der Waals surface area contributed by atoms with Crippen LogP contribution < -0.4 is 0 Å². The highest BCUT2D eigenvalue weighted by Gasteiger charge is 2.24. The molecule has 0 aliphatic rings. The summed E-state index contributed by atoms with van der Waals surface area (Å²) in [7, 11) is 1.64. The van der Waals surface area contributed by atoms with Gasteiger partial charge in [-0.05, 0) is 16.8 Å². The highest BCUT2D eigenvalue weighted by Crippen LogP contribution is 2.27. The second-order valence-corrected chi connectivity index (χ2v) is 4.67. The number of tetrazole rings is 1. The molecule has 1 aromatic heterocycles. The lowest BCUT2D eigenvalue weighted by Crippen LogP contribution is -2.16. The summed E-state index contributed by atoms with van der Waals surface area (Å²) < 4.78 is 0.765. The van der Waals surface area contributed by atoms with Crippen LogP contribution in [-0.2, 0) is 18.3 Å². The molecule has 0 saturated carbocycles. The van der Waals surface area contributed by atoms with Gasteiger partial charge in [0.05, 0.1) is 13.0 Å². The average molecular weight is 311 g/mol. The van der Waals surface area contributed by atoms with E-state index in [0.29, 0.717) is 11.4 Å². The quantitative estimate of drug-likeness (QED) is 0.922. The van der Waals surface area contributed by atoms with Gasteiger partial charge in [0.1, 0.15) is 0 Å². The summed E-state index contributed by atoms with van der Waals surface area (Å²) in [6.07, 6.45) is 0.214. The molecule has 94 valence electrons. The zero-order valence-electron chi connectivity index (χ0n) is 9.62. The molecule has 18 heavy (non-hydrogen) atoms. The van der Waals surface area contributed by atoms with E-state index in [2.05, 4.69) is 31.3 Å². The molecule has 0 saturated heterocycles. The lowest BCUT2D eigenvalue weighted by molar-refractivity contribution is -0.138. The third-order valence-electron chi connectivity index (χ3n) is 2.52. The number of hydrogen-bond acceptors (Lipinski definition) is 4. The third-order valence-corrected chi connectivity index (χ3v) is 3.24. The van der Waals surface area contributed by atoms with Gasteiger partial charge in [-0.1, -0.05) is 34.1 Å². The van der Waals surface area contributed by atoms with E-state index in [1.54, 1.807) is 19.2 Å². The standard InChI is InChI=1S/C11H11BrN4O2/c1-16-14-10(13-15-16)6-8(11(17)18)7-4-2-3-5-9(7)12/h2-5,8H,6H2,1H3,(H,17,18). The Morgan fingerprint density at radius 3 is 2.78 bits per heavy atom. The molecule has 0 radical (unpaired) electrons. The maximum absolute atomic E-state index is 11.4. The van der Waals surface area contributed by atoms with E-state index in [0.717, 1.165) is 4.47 Å². The Bertz CT molecular complexity index is 570. The Balaban J connectivity index is 2.30. The molecule has 0 fully saturated rings. The van der Waals surface area contributed by atoms with Gasteiger partial charge in [0.15, 0.2) is 5.82 Å². The predicted molar refractivity (Wildman–Crippen MR) is 67.0 cm³/mol. The summed E-state index contributed by atoms with van der Waals surface area (Å²) in [4.78, 5) is 12.7. The van der Waals surface area contributed by atoms with E-state index in [9.17, 15) is 9.90 Å². The number of rotatable bonds is 4. The second kappa shape index (κ2) is 5.26. The molecular weight excluding hydrogens is 300 g/mol. The summed E-state index contributed by atoms with van der Waals surface area (Å²) in [6, 6.07) is 7.24. The molecule has 1 heterocycles. The van der Waals surface area contributed by atoms with Gasteiger partial charge in [0.25, 0.3) is 0 Å². The van der Waals surface area contributed by atoms with Crippen molar-refractivity contribution in [3.63, 3.8) is 0 Å². The Morgan fingerprint density at radius 2 is 2.22 bits per heavy atom. The first-order valence-corrected chi connectivity index (χ1v) is 6.07. The number of nitrogens with zero attached hydrogens (tertiary/aromatic N) is 4. The van der Waals surface area contributed by atoms with Crippen LogP contribution in [-0.4, -0.2) is 31.3 Å². The van der Waals surface area contributed by atoms with Crippen LogP contribution >= 0.6 is 15.9 Å². The van der Waals surface area contributed by atoms with Gasteiger partial charge in [-0.15, -0.1) is 10.2 Å². The van der Waals surface area contributed by atoms with Crippen molar-refractivity contribution in [1.29, 1.82) is 0 Å². The summed E-state index contributed by atoms with van der Waals surface area (Å²) in [5, 5.41) is 20.8. The molecule has 0 spiro atoms. The molecule has 2 aromatic rings. The van der Waals surface area contributed by atoms with Crippen LogP contribution in [0, 0.1) is 0 Å². The normalized spacial score (nSPS) is 12.3. The highest BCUT2D eigenvalue weighted by molar-refractivity contribution is 9.10. The zero-order valence-corrected chi connectivity index (χ0v) is 11.2. The van der Waals surface area contributed by atoms with Crippen molar-refractivity contribution in [3.05, 3.63) is 40.1 Å². The summed E-state index contributed by atoms with van der Waals surface area (Å²) in [6.45, 7) is 0. The largest absolute Gasteiger partial charge is 0.481 e. The molecule has 0 aliphatic heterocycles. The molecule has 1 atom stereocenters. The molecule has 1 aromatic carbocycles. The van der Waals surface area contributed by atoms with Crippen molar-refractivity contribution in [2.24, 2.45) is 7.05 Å². The average Bonchev–Trinajstić information content (AvgIpc) is 2.73. The number of aliphatic carboxylic acids is 1. The van der Waals surface area contributed by atoms with E-state index in [1.807, 2.05) is 12.1 Å². The summed E-state index contributed by atoms with van der Waals surface area (Å²) in [5.74, 6) is -1.18. The van der Waals surface area contributed by atoms with Gasteiger partial charge >= 0.3 is 5.97 Å². The van der Waals surface area contributed by atoms with Crippen LogP contribution in [0.2, 0.25) is 0 Å². The van der Waals surface area contributed by atoms with E-state index in [4.69, 9.17) is 0 Å². The first-order valence-electron chi connectivity index (χ1n) is 5.28. The molecule has 6 nitrogen and oxygen atoms in total. The van der Waals surface area contributed by atoms with Gasteiger partial charge in [0, 0.05) is 10.9 Å². The molecule has 0 aliphatic carbocycles. The van der Waals surface area contributed by atoms with Crippen LogP contribution in [0.1, 0.15) is 17.3 Å². The van der Waals surface area contributed by atoms with Crippen LogP contribution in [0.3, 0.4) is 0 Å². The molecule has 0 bridgehead atoms. The minimum absolute atomic E-state index is 0.214. The molecule has 1 unspecified atom stereocenters.